The minimum Gasteiger partial charge on any atom is -0.319 e. The molecule has 0 bridgehead atoms. The molecule has 1 N–H and O–H groups in total. The summed E-state index contributed by atoms with van der Waals surface area (Å²) in [7, 11) is 2.02. The molecule has 0 aliphatic heterocycles. The Labute approximate surface area is 77.2 Å². The molecule has 12 heavy (non-hydrogen) atoms. The van der Waals surface area contributed by atoms with Crippen LogP contribution in [0.2, 0.25) is 0 Å². The second kappa shape index (κ2) is 6.24. The van der Waals surface area contributed by atoms with Gasteiger partial charge in [0.25, 0.3) is 0 Å². The number of allylic oxidation sites excluding steroid dienone is 1. The van der Waals surface area contributed by atoms with E-state index in [0.29, 0.717) is 0 Å². The molecular weight excluding hydrogens is 146 g/mol. The average molecular weight is 169 g/mol. The molecule has 0 unspecified atom stereocenters. The van der Waals surface area contributed by atoms with Crippen molar-refractivity contribution in [2.75, 3.05) is 13.6 Å². The number of nitrogens with one attached hydrogen (secondary N) is 1. The lowest BCUT2D eigenvalue weighted by molar-refractivity contribution is 0.336. The van der Waals surface area contributed by atoms with E-state index in [9.17, 15) is 0 Å². The van der Waals surface area contributed by atoms with Gasteiger partial charge in [0.2, 0.25) is 0 Å². The standard InChI is InChI=1S/C11H23N/c1-6-11(7-9(2)3)10(4)8-12-5/h10-12H,2,6-8H2,1,3-5H3/t10-,11-/m0/s1. The van der Waals surface area contributed by atoms with E-state index in [-0.39, 0.29) is 0 Å². The maximum atomic E-state index is 3.96. The lowest BCUT2D eigenvalue weighted by atomic mass is 9.86. The molecule has 72 valence electrons. The molecule has 0 aromatic carbocycles. The molecule has 0 heterocycles. The van der Waals surface area contributed by atoms with Crippen molar-refractivity contribution in [3.05, 3.63) is 12.2 Å². The summed E-state index contributed by atoms with van der Waals surface area (Å²) in [5.74, 6) is 1.56. The normalized spacial score (nSPS) is 15.7. The molecule has 0 amide bonds. The van der Waals surface area contributed by atoms with Crippen molar-refractivity contribution in [1.82, 2.24) is 5.32 Å². The third kappa shape index (κ3) is 4.55. The minimum absolute atomic E-state index is 0.761. The van der Waals surface area contributed by atoms with Gasteiger partial charge in [-0.05, 0) is 38.8 Å². The summed E-state index contributed by atoms with van der Waals surface area (Å²) in [6.07, 6.45) is 2.44. The molecule has 0 fully saturated rings. The summed E-state index contributed by atoms with van der Waals surface area (Å²) >= 11 is 0. The Hall–Kier alpha value is -0.300. The monoisotopic (exact) mass is 169 g/mol. The number of rotatable bonds is 6. The van der Waals surface area contributed by atoms with Crippen molar-refractivity contribution >= 4 is 0 Å². The fraction of sp³-hybridized carbons (Fsp3) is 0.818. The molecular formula is C11H23N. The van der Waals surface area contributed by atoms with Crippen molar-refractivity contribution in [2.45, 2.75) is 33.6 Å². The molecule has 1 heteroatoms. The summed E-state index contributed by atoms with van der Waals surface area (Å²) in [5, 5.41) is 3.23. The van der Waals surface area contributed by atoms with Crippen LogP contribution in [0.4, 0.5) is 0 Å². The zero-order chi connectivity index (χ0) is 9.56. The third-order valence-electron chi connectivity index (χ3n) is 2.47. The third-order valence-corrected chi connectivity index (χ3v) is 2.47. The van der Waals surface area contributed by atoms with Crippen LogP contribution < -0.4 is 5.32 Å². The van der Waals surface area contributed by atoms with E-state index in [1.54, 1.807) is 0 Å². The van der Waals surface area contributed by atoms with Crippen LogP contribution in [0.15, 0.2) is 12.2 Å². The van der Waals surface area contributed by atoms with Gasteiger partial charge in [0.1, 0.15) is 0 Å². The smallest absolute Gasteiger partial charge is 0.00234 e. The second-order valence-corrected chi connectivity index (χ2v) is 3.86. The zero-order valence-corrected chi connectivity index (χ0v) is 8.98. The minimum atomic E-state index is 0.761. The fourth-order valence-corrected chi connectivity index (χ4v) is 1.68. The number of hydrogen-bond acceptors (Lipinski definition) is 1. The predicted octanol–water partition coefficient (Wildman–Crippen LogP) is 2.83. The second-order valence-electron chi connectivity index (χ2n) is 3.86. The quantitative estimate of drug-likeness (QED) is 0.603. The molecule has 0 aliphatic rings. The van der Waals surface area contributed by atoms with Crippen LogP contribution in [0, 0.1) is 11.8 Å². The molecule has 0 spiro atoms. The van der Waals surface area contributed by atoms with Gasteiger partial charge in [0.05, 0.1) is 0 Å². The highest BCUT2D eigenvalue weighted by atomic mass is 14.8. The van der Waals surface area contributed by atoms with Crippen LogP contribution in [-0.4, -0.2) is 13.6 Å². The van der Waals surface area contributed by atoms with Crippen LogP contribution in [0.3, 0.4) is 0 Å². The lowest BCUT2D eigenvalue weighted by Gasteiger charge is -2.22. The SMILES string of the molecule is C=C(C)C[C@H](CC)[C@@H](C)CNC. The zero-order valence-electron chi connectivity index (χ0n) is 8.98. The molecule has 0 radical (unpaired) electrons. The van der Waals surface area contributed by atoms with E-state index < -0.39 is 0 Å². The molecule has 0 saturated carbocycles. The molecule has 0 aromatic heterocycles. The maximum absolute atomic E-state index is 3.96. The Balaban J connectivity index is 3.86. The Bertz CT molecular complexity index is 129. The summed E-state index contributed by atoms with van der Waals surface area (Å²) in [6, 6.07) is 0. The molecule has 2 atom stereocenters. The first-order valence-corrected chi connectivity index (χ1v) is 4.90. The van der Waals surface area contributed by atoms with Crippen molar-refractivity contribution in [3.63, 3.8) is 0 Å². The fourth-order valence-electron chi connectivity index (χ4n) is 1.68. The van der Waals surface area contributed by atoms with Crippen LogP contribution >= 0.6 is 0 Å². The Morgan fingerprint density at radius 3 is 2.42 bits per heavy atom. The van der Waals surface area contributed by atoms with E-state index in [2.05, 4.69) is 32.7 Å². The molecule has 1 nitrogen and oxygen atoms in total. The van der Waals surface area contributed by atoms with E-state index in [1.165, 1.54) is 18.4 Å². The van der Waals surface area contributed by atoms with E-state index in [4.69, 9.17) is 0 Å². The van der Waals surface area contributed by atoms with Gasteiger partial charge in [-0.1, -0.05) is 25.8 Å². The van der Waals surface area contributed by atoms with Crippen molar-refractivity contribution in [3.8, 4) is 0 Å². The average Bonchev–Trinajstić information content (AvgIpc) is 2.00. The molecule has 0 aromatic rings. The summed E-state index contributed by atoms with van der Waals surface area (Å²) in [4.78, 5) is 0. The topological polar surface area (TPSA) is 12.0 Å². The van der Waals surface area contributed by atoms with Crippen LogP contribution in [0.25, 0.3) is 0 Å². The number of hydrogen-bond donors (Lipinski definition) is 1. The highest BCUT2D eigenvalue weighted by Crippen LogP contribution is 2.21. The summed E-state index contributed by atoms with van der Waals surface area (Å²) < 4.78 is 0. The van der Waals surface area contributed by atoms with Crippen molar-refractivity contribution < 1.29 is 0 Å². The highest BCUT2D eigenvalue weighted by molar-refractivity contribution is 4.91. The van der Waals surface area contributed by atoms with Gasteiger partial charge in [-0.25, -0.2) is 0 Å². The molecule has 0 rings (SSSR count). The van der Waals surface area contributed by atoms with E-state index in [0.717, 1.165) is 18.4 Å². The Morgan fingerprint density at radius 1 is 1.50 bits per heavy atom. The first kappa shape index (κ1) is 11.7. The first-order chi connectivity index (χ1) is 5.61. The maximum Gasteiger partial charge on any atom is -0.00234 e. The van der Waals surface area contributed by atoms with Gasteiger partial charge in [-0.15, -0.1) is 6.58 Å². The van der Waals surface area contributed by atoms with Crippen molar-refractivity contribution in [1.29, 1.82) is 0 Å². The van der Waals surface area contributed by atoms with Gasteiger partial charge in [0, 0.05) is 0 Å². The van der Waals surface area contributed by atoms with Gasteiger partial charge in [0.15, 0.2) is 0 Å². The Morgan fingerprint density at radius 2 is 2.08 bits per heavy atom. The largest absolute Gasteiger partial charge is 0.319 e. The van der Waals surface area contributed by atoms with Crippen LogP contribution in [0.1, 0.15) is 33.6 Å². The molecule has 0 saturated heterocycles. The first-order valence-electron chi connectivity index (χ1n) is 4.90. The van der Waals surface area contributed by atoms with Gasteiger partial charge in [-0.2, -0.15) is 0 Å². The predicted molar refractivity (Wildman–Crippen MR) is 56.3 cm³/mol. The van der Waals surface area contributed by atoms with Crippen LogP contribution in [-0.2, 0) is 0 Å². The van der Waals surface area contributed by atoms with E-state index in [1.807, 2.05) is 7.05 Å². The van der Waals surface area contributed by atoms with Gasteiger partial charge >= 0.3 is 0 Å². The summed E-state index contributed by atoms with van der Waals surface area (Å²) in [6.45, 7) is 11.8. The highest BCUT2D eigenvalue weighted by Gasteiger charge is 2.14. The Kier molecular flexibility index (Phi) is 6.09. The van der Waals surface area contributed by atoms with Gasteiger partial charge < -0.3 is 5.32 Å². The molecule has 0 aliphatic carbocycles. The van der Waals surface area contributed by atoms with Crippen LogP contribution in [0.5, 0.6) is 0 Å². The van der Waals surface area contributed by atoms with E-state index >= 15 is 0 Å². The summed E-state index contributed by atoms with van der Waals surface area (Å²) in [5.41, 5.74) is 1.31. The van der Waals surface area contributed by atoms with Gasteiger partial charge in [-0.3, -0.25) is 0 Å². The lowest BCUT2D eigenvalue weighted by Crippen LogP contribution is -2.23. The van der Waals surface area contributed by atoms with Crippen molar-refractivity contribution in [2.24, 2.45) is 11.8 Å².